The number of anilines is 1. The first-order valence-electron chi connectivity index (χ1n) is 10.4. The number of hydrogen-bond donors (Lipinski definition) is 3. The van der Waals surface area contributed by atoms with Crippen molar-refractivity contribution in [1.82, 2.24) is 0 Å². The van der Waals surface area contributed by atoms with E-state index in [2.05, 4.69) is 5.32 Å². The summed E-state index contributed by atoms with van der Waals surface area (Å²) < 4.78 is 1.63. The number of Topliss-reactive ketones (excluding diaryl/α,β-unsaturated/α-hetero) is 2. The summed E-state index contributed by atoms with van der Waals surface area (Å²) in [5.74, 6) is -6.00. The first-order chi connectivity index (χ1) is 16.3. The van der Waals surface area contributed by atoms with Crippen LogP contribution in [0.2, 0.25) is 0 Å². The zero-order valence-corrected chi connectivity index (χ0v) is 17.5. The third-order valence-corrected chi connectivity index (χ3v) is 6.25. The number of fused-ring (bicyclic) bond motifs is 4. The fraction of sp³-hybridized carbons (Fsp3) is 0.120. The number of ketones is 2. The highest BCUT2D eigenvalue weighted by molar-refractivity contribution is 6.18. The van der Waals surface area contributed by atoms with Crippen LogP contribution in [0.3, 0.4) is 0 Å². The molecule has 0 saturated carbocycles. The minimum atomic E-state index is -1.36. The van der Waals surface area contributed by atoms with E-state index < -0.39 is 35.7 Å². The monoisotopic (exact) mass is 457 g/mol. The van der Waals surface area contributed by atoms with Gasteiger partial charge >= 0.3 is 11.9 Å². The lowest BCUT2D eigenvalue weighted by Gasteiger charge is -2.24. The molecule has 3 atom stereocenters. The van der Waals surface area contributed by atoms with Gasteiger partial charge in [-0.25, -0.2) is 9.59 Å². The summed E-state index contributed by atoms with van der Waals surface area (Å²) in [5.41, 5.74) is 0.346. The minimum Gasteiger partial charge on any atom is -0.478 e. The zero-order chi connectivity index (χ0) is 24.1. The van der Waals surface area contributed by atoms with Crippen LogP contribution in [0.1, 0.15) is 59.1 Å². The summed E-state index contributed by atoms with van der Waals surface area (Å²) in [5, 5.41) is 21.2. The van der Waals surface area contributed by atoms with E-state index in [4.69, 9.17) is 0 Å². The Labute approximate surface area is 192 Å². The van der Waals surface area contributed by atoms with E-state index in [0.717, 1.165) is 18.2 Å². The number of rotatable bonds is 4. The minimum absolute atomic E-state index is 0.0387. The Bertz CT molecular complexity index is 1400. The quantitative estimate of drug-likeness (QED) is 0.511. The summed E-state index contributed by atoms with van der Waals surface area (Å²) in [6.07, 6.45) is 1.65. The number of carbonyl (C=O) groups is 5. The molecule has 168 valence electrons. The Morgan fingerprint density at radius 3 is 2.00 bits per heavy atom. The van der Waals surface area contributed by atoms with Gasteiger partial charge in [0.25, 0.3) is 0 Å². The SMILES string of the molecule is O=C(O)c1cc(NC(=O)C2c3cccc[n+]3C3C(=O)c4ccccc4C(=O)C23)cc(C(=O)O)c1. The average molecular weight is 457 g/mol. The Morgan fingerprint density at radius 2 is 1.38 bits per heavy atom. The third kappa shape index (κ3) is 3.17. The molecule has 2 heterocycles. The lowest BCUT2D eigenvalue weighted by Crippen LogP contribution is -2.48. The maximum atomic E-state index is 13.5. The van der Waals surface area contributed by atoms with Crippen LogP contribution < -0.4 is 9.88 Å². The number of nitrogens with one attached hydrogen (secondary N) is 1. The van der Waals surface area contributed by atoms with Crippen LogP contribution in [0.4, 0.5) is 5.69 Å². The Morgan fingerprint density at radius 1 is 0.794 bits per heavy atom. The van der Waals surface area contributed by atoms with Gasteiger partial charge in [0.15, 0.2) is 17.7 Å². The molecule has 1 amide bonds. The van der Waals surface area contributed by atoms with E-state index in [-0.39, 0.29) is 33.9 Å². The van der Waals surface area contributed by atoms with Gasteiger partial charge in [0.05, 0.1) is 11.1 Å². The van der Waals surface area contributed by atoms with Crippen molar-refractivity contribution in [1.29, 1.82) is 0 Å². The van der Waals surface area contributed by atoms with Crippen LogP contribution in [0, 0.1) is 5.92 Å². The van der Waals surface area contributed by atoms with Crippen molar-refractivity contribution in [3.05, 3.63) is 94.8 Å². The second kappa shape index (κ2) is 7.73. The molecule has 1 aromatic heterocycles. The second-order valence-corrected chi connectivity index (χ2v) is 8.15. The van der Waals surface area contributed by atoms with Gasteiger partial charge in [0.1, 0.15) is 11.8 Å². The molecule has 0 fully saturated rings. The molecule has 2 aromatic carbocycles. The van der Waals surface area contributed by atoms with Crippen molar-refractivity contribution >= 4 is 35.1 Å². The Hall–Kier alpha value is -4.66. The highest BCUT2D eigenvalue weighted by atomic mass is 16.4. The molecule has 1 aliphatic carbocycles. The summed E-state index contributed by atoms with van der Waals surface area (Å²) >= 11 is 0. The van der Waals surface area contributed by atoms with E-state index in [9.17, 15) is 34.2 Å². The highest BCUT2D eigenvalue weighted by Crippen LogP contribution is 2.44. The standard InChI is InChI=1S/C25H16N2O7/c28-21-15-5-1-2-6-16(15)22(29)20-19(21)18(17-7-3-4-8-27(17)20)23(30)26-14-10-12(24(31)32)9-13(11-14)25(33)34/h1-11,18-20H,(H2-,26,30,31,32,33,34)/p+1. The van der Waals surface area contributed by atoms with Gasteiger partial charge in [-0.1, -0.05) is 30.3 Å². The van der Waals surface area contributed by atoms with Crippen molar-refractivity contribution in [3.63, 3.8) is 0 Å². The molecule has 0 spiro atoms. The number of carbonyl (C=O) groups excluding carboxylic acids is 3. The van der Waals surface area contributed by atoms with Gasteiger partial charge in [-0.15, -0.1) is 0 Å². The Kier molecular flexibility index (Phi) is 4.82. The van der Waals surface area contributed by atoms with Gasteiger partial charge in [-0.2, -0.15) is 4.57 Å². The molecule has 0 bridgehead atoms. The number of pyridine rings is 1. The molecule has 3 N–H and O–H groups in total. The van der Waals surface area contributed by atoms with Gasteiger partial charge in [0, 0.05) is 28.9 Å². The average Bonchev–Trinajstić information content (AvgIpc) is 3.18. The van der Waals surface area contributed by atoms with Crippen LogP contribution in [0.5, 0.6) is 0 Å². The van der Waals surface area contributed by atoms with Gasteiger partial charge in [0.2, 0.25) is 17.7 Å². The van der Waals surface area contributed by atoms with E-state index in [0.29, 0.717) is 11.3 Å². The molecular formula is C25H17N2O7+. The lowest BCUT2D eigenvalue weighted by atomic mass is 9.73. The first-order valence-corrected chi connectivity index (χ1v) is 10.4. The fourth-order valence-electron chi connectivity index (χ4n) is 4.83. The number of nitrogens with zero attached hydrogens (tertiary/aromatic N) is 1. The first kappa shape index (κ1) is 21.2. The summed E-state index contributed by atoms with van der Waals surface area (Å²) in [7, 11) is 0. The number of hydrogen-bond acceptors (Lipinski definition) is 5. The second-order valence-electron chi connectivity index (χ2n) is 8.15. The highest BCUT2D eigenvalue weighted by Gasteiger charge is 2.60. The predicted octanol–water partition coefficient (Wildman–Crippen LogP) is 2.34. The number of carboxylic acid groups (broad SMARTS) is 2. The number of amides is 1. The largest absolute Gasteiger partial charge is 0.478 e. The van der Waals surface area contributed by atoms with Crippen molar-refractivity contribution < 1.29 is 38.8 Å². The summed E-state index contributed by atoms with van der Waals surface area (Å²) in [6, 6.07) is 13.9. The van der Waals surface area contributed by atoms with Crippen LogP contribution in [0.15, 0.2) is 66.9 Å². The van der Waals surface area contributed by atoms with E-state index >= 15 is 0 Å². The van der Waals surface area contributed by atoms with Crippen LogP contribution >= 0.6 is 0 Å². The van der Waals surface area contributed by atoms with Crippen LogP contribution in [-0.4, -0.2) is 39.6 Å². The van der Waals surface area contributed by atoms with Gasteiger partial charge < -0.3 is 15.5 Å². The lowest BCUT2D eigenvalue weighted by molar-refractivity contribution is -0.704. The molecule has 34 heavy (non-hydrogen) atoms. The molecule has 5 rings (SSSR count). The molecular weight excluding hydrogens is 440 g/mol. The molecule has 1 aliphatic heterocycles. The fourth-order valence-corrected chi connectivity index (χ4v) is 4.83. The van der Waals surface area contributed by atoms with Gasteiger partial charge in [-0.3, -0.25) is 14.4 Å². The van der Waals surface area contributed by atoms with Crippen LogP contribution in [-0.2, 0) is 4.79 Å². The Balaban J connectivity index is 1.59. The van der Waals surface area contributed by atoms with Gasteiger partial charge in [-0.05, 0) is 18.2 Å². The van der Waals surface area contributed by atoms with E-state index in [1.54, 1.807) is 53.2 Å². The normalized spacial score (nSPS) is 20.2. The number of aromatic nitrogens is 1. The van der Waals surface area contributed by atoms with Crippen molar-refractivity contribution in [3.8, 4) is 0 Å². The molecule has 0 radical (unpaired) electrons. The maximum absolute atomic E-state index is 13.5. The molecule has 3 aromatic rings. The third-order valence-electron chi connectivity index (χ3n) is 6.25. The molecule has 0 saturated heterocycles. The topological polar surface area (TPSA) is 142 Å². The smallest absolute Gasteiger partial charge is 0.335 e. The maximum Gasteiger partial charge on any atom is 0.335 e. The number of aromatic carboxylic acids is 2. The predicted molar refractivity (Wildman–Crippen MR) is 116 cm³/mol. The van der Waals surface area contributed by atoms with E-state index in [1.807, 2.05) is 0 Å². The summed E-state index contributed by atoms with van der Waals surface area (Å²) in [4.78, 5) is 63.1. The molecule has 2 aliphatic rings. The van der Waals surface area contributed by atoms with Crippen molar-refractivity contribution in [2.75, 3.05) is 5.32 Å². The van der Waals surface area contributed by atoms with E-state index in [1.165, 1.54) is 0 Å². The molecule has 9 heteroatoms. The summed E-state index contributed by atoms with van der Waals surface area (Å²) in [6.45, 7) is 0. The number of carboxylic acids is 2. The van der Waals surface area contributed by atoms with Crippen LogP contribution in [0.25, 0.3) is 0 Å². The van der Waals surface area contributed by atoms with Crippen molar-refractivity contribution in [2.24, 2.45) is 5.92 Å². The zero-order valence-electron chi connectivity index (χ0n) is 17.5. The molecule has 3 unspecified atom stereocenters. The van der Waals surface area contributed by atoms with Crippen molar-refractivity contribution in [2.45, 2.75) is 12.0 Å². The molecule has 9 nitrogen and oxygen atoms in total. The number of benzene rings is 2.